The number of rotatable bonds is 4. The maximum Gasteiger partial charge on any atom is 0.228 e. The molecular formula is C15H17N3O2. The summed E-state index contributed by atoms with van der Waals surface area (Å²) in [4.78, 5) is 14.1. The van der Waals surface area contributed by atoms with Gasteiger partial charge in [-0.2, -0.15) is 0 Å². The molecule has 0 bridgehead atoms. The smallest absolute Gasteiger partial charge is 0.228 e. The molecule has 3 rings (SSSR count). The van der Waals surface area contributed by atoms with Crippen LogP contribution in [0.5, 0.6) is 0 Å². The average Bonchev–Trinajstić information content (AvgIpc) is 3.05. The first kappa shape index (κ1) is 12.7. The van der Waals surface area contributed by atoms with Crippen molar-refractivity contribution in [2.24, 2.45) is 0 Å². The number of nitrogens with zero attached hydrogens (tertiary/aromatic N) is 2. The van der Waals surface area contributed by atoms with Gasteiger partial charge in [-0.3, -0.25) is 4.79 Å². The zero-order valence-electron chi connectivity index (χ0n) is 11.4. The molecule has 0 fully saturated rings. The van der Waals surface area contributed by atoms with Crippen molar-refractivity contribution in [3.8, 4) is 0 Å². The standard InChI is InChI=1S/C15H17N3O2/c1-11-10-14(17-20-11)16-8-6-15(19)18-9-7-12-4-2-3-5-13(12)18/h2-5,10H,6-9H2,1H3,(H,16,17). The summed E-state index contributed by atoms with van der Waals surface area (Å²) in [6.45, 7) is 3.18. The summed E-state index contributed by atoms with van der Waals surface area (Å²) >= 11 is 0. The maximum atomic E-state index is 12.2. The number of nitrogens with one attached hydrogen (secondary N) is 1. The number of aromatic nitrogens is 1. The minimum absolute atomic E-state index is 0.141. The molecule has 0 atom stereocenters. The SMILES string of the molecule is Cc1cc(NCCC(=O)N2CCc3ccccc32)no1. The number of benzene rings is 1. The Balaban J connectivity index is 1.55. The molecule has 1 N–H and O–H groups in total. The number of amides is 1. The lowest BCUT2D eigenvalue weighted by Crippen LogP contribution is -2.30. The van der Waals surface area contributed by atoms with Crippen LogP contribution in [0.25, 0.3) is 0 Å². The van der Waals surface area contributed by atoms with E-state index in [4.69, 9.17) is 4.52 Å². The van der Waals surface area contributed by atoms with Gasteiger partial charge < -0.3 is 14.7 Å². The molecule has 104 valence electrons. The summed E-state index contributed by atoms with van der Waals surface area (Å²) in [7, 11) is 0. The van der Waals surface area contributed by atoms with Crippen LogP contribution < -0.4 is 10.2 Å². The third kappa shape index (κ3) is 2.52. The van der Waals surface area contributed by atoms with Crippen LogP contribution in [-0.4, -0.2) is 24.2 Å². The fraction of sp³-hybridized carbons (Fsp3) is 0.333. The third-order valence-electron chi connectivity index (χ3n) is 3.46. The van der Waals surface area contributed by atoms with Crippen molar-refractivity contribution in [1.29, 1.82) is 0 Å². The van der Waals surface area contributed by atoms with Crippen LogP contribution in [0.15, 0.2) is 34.9 Å². The predicted molar refractivity (Wildman–Crippen MR) is 76.8 cm³/mol. The largest absolute Gasteiger partial charge is 0.367 e. The number of para-hydroxylation sites is 1. The Bertz CT molecular complexity index is 621. The highest BCUT2D eigenvalue weighted by atomic mass is 16.5. The zero-order chi connectivity index (χ0) is 13.9. The van der Waals surface area contributed by atoms with Crippen LogP contribution in [0.3, 0.4) is 0 Å². The summed E-state index contributed by atoms with van der Waals surface area (Å²) in [6.07, 6.45) is 1.39. The average molecular weight is 271 g/mol. The van der Waals surface area contributed by atoms with Crippen LogP contribution in [0, 0.1) is 6.92 Å². The molecule has 0 saturated heterocycles. The molecular weight excluding hydrogens is 254 g/mol. The van der Waals surface area contributed by atoms with Crippen molar-refractivity contribution in [1.82, 2.24) is 5.16 Å². The first-order valence-electron chi connectivity index (χ1n) is 6.79. The third-order valence-corrected chi connectivity index (χ3v) is 3.46. The van der Waals surface area contributed by atoms with Crippen molar-refractivity contribution in [2.75, 3.05) is 23.3 Å². The first-order chi connectivity index (χ1) is 9.74. The summed E-state index contributed by atoms with van der Waals surface area (Å²) in [5, 5.41) is 6.93. The Kier molecular flexibility index (Phi) is 3.41. The highest BCUT2D eigenvalue weighted by Gasteiger charge is 2.23. The number of hydrogen-bond donors (Lipinski definition) is 1. The number of carbonyl (C=O) groups excluding carboxylic acids is 1. The van der Waals surface area contributed by atoms with E-state index < -0.39 is 0 Å². The van der Waals surface area contributed by atoms with E-state index in [-0.39, 0.29) is 5.91 Å². The molecule has 1 aliphatic heterocycles. The molecule has 0 saturated carbocycles. The van der Waals surface area contributed by atoms with Gasteiger partial charge in [0.05, 0.1) is 0 Å². The first-order valence-corrected chi connectivity index (χ1v) is 6.79. The van der Waals surface area contributed by atoms with E-state index in [2.05, 4.69) is 16.5 Å². The molecule has 0 radical (unpaired) electrons. The molecule has 0 unspecified atom stereocenters. The number of fused-ring (bicyclic) bond motifs is 1. The molecule has 1 amide bonds. The highest BCUT2D eigenvalue weighted by molar-refractivity contribution is 5.95. The lowest BCUT2D eigenvalue weighted by molar-refractivity contribution is -0.118. The molecule has 0 aliphatic carbocycles. The molecule has 1 aliphatic rings. The van der Waals surface area contributed by atoms with Gasteiger partial charge in [0.2, 0.25) is 5.91 Å². The van der Waals surface area contributed by atoms with E-state index in [1.165, 1.54) is 5.56 Å². The molecule has 1 aromatic heterocycles. The van der Waals surface area contributed by atoms with Crippen molar-refractivity contribution >= 4 is 17.4 Å². The normalized spacial score (nSPS) is 13.3. The van der Waals surface area contributed by atoms with Crippen LogP contribution in [0.2, 0.25) is 0 Å². The minimum Gasteiger partial charge on any atom is -0.367 e. The Labute approximate surface area is 117 Å². The maximum absolute atomic E-state index is 12.2. The molecule has 2 aromatic rings. The summed E-state index contributed by atoms with van der Waals surface area (Å²) in [5.41, 5.74) is 2.30. The molecule has 5 heteroatoms. The van der Waals surface area contributed by atoms with E-state index >= 15 is 0 Å². The predicted octanol–water partition coefficient (Wildman–Crippen LogP) is 2.37. The van der Waals surface area contributed by atoms with Gasteiger partial charge in [-0.1, -0.05) is 23.4 Å². The van der Waals surface area contributed by atoms with Gasteiger partial charge in [-0.15, -0.1) is 0 Å². The fourth-order valence-corrected chi connectivity index (χ4v) is 2.48. The van der Waals surface area contributed by atoms with Crippen molar-refractivity contribution in [3.05, 3.63) is 41.7 Å². The molecule has 0 spiro atoms. The van der Waals surface area contributed by atoms with Gasteiger partial charge in [0.1, 0.15) is 5.76 Å². The van der Waals surface area contributed by atoms with E-state index in [9.17, 15) is 4.79 Å². The lowest BCUT2D eigenvalue weighted by Gasteiger charge is -2.17. The second-order valence-electron chi connectivity index (χ2n) is 4.92. The van der Waals surface area contributed by atoms with E-state index in [1.807, 2.05) is 36.1 Å². The Morgan fingerprint density at radius 1 is 1.45 bits per heavy atom. The second-order valence-corrected chi connectivity index (χ2v) is 4.92. The molecule has 20 heavy (non-hydrogen) atoms. The summed E-state index contributed by atoms with van der Waals surface area (Å²) in [6, 6.07) is 9.89. The number of hydrogen-bond acceptors (Lipinski definition) is 4. The topological polar surface area (TPSA) is 58.4 Å². The van der Waals surface area contributed by atoms with Crippen LogP contribution >= 0.6 is 0 Å². The van der Waals surface area contributed by atoms with Crippen molar-refractivity contribution < 1.29 is 9.32 Å². The second kappa shape index (κ2) is 5.36. The molecule has 5 nitrogen and oxygen atoms in total. The van der Waals surface area contributed by atoms with Gasteiger partial charge in [-0.25, -0.2) is 0 Å². The fourth-order valence-electron chi connectivity index (χ4n) is 2.48. The Hall–Kier alpha value is -2.30. The van der Waals surface area contributed by atoms with Crippen molar-refractivity contribution in [2.45, 2.75) is 19.8 Å². The highest BCUT2D eigenvalue weighted by Crippen LogP contribution is 2.27. The van der Waals surface area contributed by atoms with Crippen LogP contribution in [0.1, 0.15) is 17.7 Å². The van der Waals surface area contributed by atoms with Gasteiger partial charge in [0.25, 0.3) is 0 Å². The van der Waals surface area contributed by atoms with Gasteiger partial charge >= 0.3 is 0 Å². The quantitative estimate of drug-likeness (QED) is 0.927. The van der Waals surface area contributed by atoms with E-state index in [0.717, 1.165) is 24.4 Å². The lowest BCUT2D eigenvalue weighted by atomic mass is 10.2. The summed E-state index contributed by atoms with van der Waals surface area (Å²) < 4.78 is 4.96. The van der Waals surface area contributed by atoms with Crippen LogP contribution in [0.4, 0.5) is 11.5 Å². The van der Waals surface area contributed by atoms with Crippen LogP contribution in [-0.2, 0) is 11.2 Å². The summed E-state index contributed by atoms with van der Waals surface area (Å²) in [5.74, 6) is 1.58. The minimum atomic E-state index is 0.141. The van der Waals surface area contributed by atoms with E-state index in [0.29, 0.717) is 18.8 Å². The number of anilines is 2. The molecule has 1 aromatic carbocycles. The molecule has 2 heterocycles. The number of aryl methyl sites for hydroxylation is 1. The Morgan fingerprint density at radius 3 is 3.10 bits per heavy atom. The van der Waals surface area contributed by atoms with E-state index in [1.54, 1.807) is 0 Å². The van der Waals surface area contributed by atoms with Gasteiger partial charge in [0, 0.05) is 31.3 Å². The number of carbonyl (C=O) groups is 1. The monoisotopic (exact) mass is 271 g/mol. The van der Waals surface area contributed by atoms with Gasteiger partial charge in [0.15, 0.2) is 5.82 Å². The van der Waals surface area contributed by atoms with Gasteiger partial charge in [-0.05, 0) is 25.0 Å². The Morgan fingerprint density at radius 2 is 2.30 bits per heavy atom. The van der Waals surface area contributed by atoms with Crippen molar-refractivity contribution in [3.63, 3.8) is 0 Å². The zero-order valence-corrected chi connectivity index (χ0v) is 11.4.